The Morgan fingerprint density at radius 1 is 1.06 bits per heavy atom. The smallest absolute Gasteiger partial charge is 0.132 e. The van der Waals surface area contributed by atoms with Gasteiger partial charge in [0, 0.05) is 17.2 Å². The summed E-state index contributed by atoms with van der Waals surface area (Å²) in [5.74, 6) is -0.451. The van der Waals surface area contributed by atoms with Crippen molar-refractivity contribution in [2.45, 2.75) is 0 Å². The minimum absolute atomic E-state index is 0.222. The molecular weight excluding hydrogens is 269 g/mol. The van der Waals surface area contributed by atoms with Gasteiger partial charge in [0.05, 0.1) is 15.1 Å². The molecule has 0 spiro atoms. The van der Waals surface area contributed by atoms with E-state index in [1.54, 1.807) is 18.2 Å². The molecule has 0 aliphatic heterocycles. The molecule has 16 heavy (non-hydrogen) atoms. The van der Waals surface area contributed by atoms with Crippen LogP contribution in [-0.4, -0.2) is 0 Å². The van der Waals surface area contributed by atoms with Crippen LogP contribution in [-0.2, 0) is 0 Å². The largest absolute Gasteiger partial charge is 0.206 e. The molecule has 0 N–H and O–H groups in total. The number of hydrogen-bond acceptors (Lipinski definition) is 0. The first-order chi connectivity index (χ1) is 7.59. The van der Waals surface area contributed by atoms with Crippen molar-refractivity contribution in [3.8, 4) is 11.1 Å². The normalized spacial score (nSPS) is 10.5. The van der Waals surface area contributed by atoms with Gasteiger partial charge in [-0.1, -0.05) is 46.9 Å². The van der Waals surface area contributed by atoms with E-state index in [0.717, 1.165) is 0 Å². The second-order valence-electron chi connectivity index (χ2n) is 3.14. The van der Waals surface area contributed by atoms with Crippen molar-refractivity contribution in [1.82, 2.24) is 0 Å². The molecule has 4 heteroatoms. The second kappa shape index (κ2) is 4.62. The van der Waals surface area contributed by atoms with Crippen molar-refractivity contribution >= 4 is 34.8 Å². The summed E-state index contributed by atoms with van der Waals surface area (Å²) in [4.78, 5) is 0. The van der Waals surface area contributed by atoms with E-state index in [1.165, 1.54) is 12.1 Å². The third-order valence-corrected chi connectivity index (χ3v) is 3.14. The molecule has 0 nitrogen and oxygen atoms in total. The average Bonchev–Trinajstić information content (AvgIpc) is 2.23. The van der Waals surface area contributed by atoms with Gasteiger partial charge in [0.2, 0.25) is 0 Å². The zero-order chi connectivity index (χ0) is 11.7. The van der Waals surface area contributed by atoms with Crippen LogP contribution < -0.4 is 0 Å². The summed E-state index contributed by atoms with van der Waals surface area (Å²) in [6.45, 7) is 0. The third kappa shape index (κ3) is 2.17. The molecule has 0 fully saturated rings. The first-order valence-electron chi connectivity index (χ1n) is 4.40. The van der Waals surface area contributed by atoms with E-state index in [4.69, 9.17) is 34.8 Å². The molecule has 1 radical (unpaired) electrons. The molecule has 0 unspecified atom stereocenters. The van der Waals surface area contributed by atoms with Crippen LogP contribution in [0.5, 0.6) is 0 Å². The molecule has 0 saturated heterocycles. The van der Waals surface area contributed by atoms with Crippen LogP contribution in [0.25, 0.3) is 11.1 Å². The summed E-state index contributed by atoms with van der Waals surface area (Å²) < 4.78 is 13.6. The van der Waals surface area contributed by atoms with Crippen LogP contribution in [0.3, 0.4) is 0 Å². The fourth-order valence-electron chi connectivity index (χ4n) is 1.36. The van der Waals surface area contributed by atoms with Gasteiger partial charge in [-0.05, 0) is 18.2 Å². The molecule has 0 heterocycles. The number of hydrogen-bond donors (Lipinski definition) is 0. The van der Waals surface area contributed by atoms with Gasteiger partial charge in [0.15, 0.2) is 0 Å². The van der Waals surface area contributed by atoms with Crippen LogP contribution in [0.2, 0.25) is 15.1 Å². The van der Waals surface area contributed by atoms with E-state index in [0.29, 0.717) is 21.2 Å². The maximum Gasteiger partial charge on any atom is 0.132 e. The minimum atomic E-state index is -0.451. The third-order valence-electron chi connectivity index (χ3n) is 2.11. The predicted molar refractivity (Wildman–Crippen MR) is 65.7 cm³/mol. The van der Waals surface area contributed by atoms with Crippen molar-refractivity contribution in [3.05, 3.63) is 57.3 Å². The molecule has 2 rings (SSSR count). The molecule has 2 aromatic carbocycles. The van der Waals surface area contributed by atoms with Gasteiger partial charge in [0.1, 0.15) is 5.82 Å². The quantitative estimate of drug-likeness (QED) is 0.666. The lowest BCUT2D eigenvalue weighted by molar-refractivity contribution is 0.631. The molecule has 0 bridgehead atoms. The summed E-state index contributed by atoms with van der Waals surface area (Å²) >= 11 is 17.5. The highest BCUT2D eigenvalue weighted by atomic mass is 35.5. The fourth-order valence-corrected chi connectivity index (χ4v) is 1.91. The van der Waals surface area contributed by atoms with Crippen molar-refractivity contribution in [3.63, 3.8) is 0 Å². The molecule has 0 atom stereocenters. The highest BCUT2D eigenvalue weighted by Gasteiger charge is 2.11. The summed E-state index contributed by atoms with van der Waals surface area (Å²) in [5, 5.41) is 0.923. The second-order valence-corrected chi connectivity index (χ2v) is 4.34. The van der Waals surface area contributed by atoms with Crippen LogP contribution in [0, 0.1) is 11.9 Å². The fraction of sp³-hybridized carbons (Fsp3) is 0. The summed E-state index contributed by atoms with van der Waals surface area (Å²) in [6, 6.07) is 10.4. The number of halogens is 4. The Kier molecular flexibility index (Phi) is 3.38. The van der Waals surface area contributed by atoms with Crippen LogP contribution in [0.4, 0.5) is 4.39 Å². The number of benzene rings is 2. The van der Waals surface area contributed by atoms with Gasteiger partial charge >= 0.3 is 0 Å². The number of rotatable bonds is 1. The van der Waals surface area contributed by atoms with E-state index in [2.05, 4.69) is 6.07 Å². The molecule has 0 aliphatic rings. The maximum atomic E-state index is 13.6. The Bertz CT molecular complexity index is 538. The molecule has 81 valence electrons. The van der Waals surface area contributed by atoms with Crippen molar-refractivity contribution in [1.29, 1.82) is 0 Å². The van der Waals surface area contributed by atoms with Gasteiger partial charge < -0.3 is 0 Å². The lowest BCUT2D eigenvalue weighted by Crippen LogP contribution is -1.86. The van der Waals surface area contributed by atoms with E-state index >= 15 is 0 Å². The Labute approximate surface area is 108 Å². The van der Waals surface area contributed by atoms with Crippen molar-refractivity contribution in [2.75, 3.05) is 0 Å². The standard InChI is InChI=1S/C12H5Cl3F/c13-7-4-5-8(11(16)6-7)9-2-1-3-10(14)12(9)15/h1-3,5-6H. The van der Waals surface area contributed by atoms with Crippen molar-refractivity contribution < 1.29 is 4.39 Å². The Balaban J connectivity index is 2.63. The molecule has 0 amide bonds. The highest BCUT2D eigenvalue weighted by Crippen LogP contribution is 2.35. The van der Waals surface area contributed by atoms with Crippen LogP contribution >= 0.6 is 34.8 Å². The topological polar surface area (TPSA) is 0 Å². The first-order valence-corrected chi connectivity index (χ1v) is 5.54. The maximum absolute atomic E-state index is 13.6. The lowest BCUT2D eigenvalue weighted by Gasteiger charge is -2.07. The van der Waals surface area contributed by atoms with Crippen LogP contribution in [0.15, 0.2) is 30.3 Å². The van der Waals surface area contributed by atoms with Crippen molar-refractivity contribution in [2.24, 2.45) is 0 Å². The highest BCUT2D eigenvalue weighted by molar-refractivity contribution is 6.43. The SMILES string of the molecule is Fc1cc(Cl)[c]cc1-c1cccc(Cl)c1Cl. The van der Waals surface area contributed by atoms with E-state index < -0.39 is 5.82 Å². The first kappa shape index (κ1) is 11.7. The lowest BCUT2D eigenvalue weighted by atomic mass is 10.1. The van der Waals surface area contributed by atoms with Gasteiger partial charge in [-0.15, -0.1) is 0 Å². The molecular formula is C12H5Cl3F. The summed E-state index contributed by atoms with van der Waals surface area (Å²) in [5.41, 5.74) is 0.858. The molecule has 2 aromatic rings. The zero-order valence-electron chi connectivity index (χ0n) is 7.90. The predicted octanol–water partition coefficient (Wildman–Crippen LogP) is 5.25. The molecule has 0 saturated carbocycles. The van der Waals surface area contributed by atoms with E-state index in [-0.39, 0.29) is 5.02 Å². The molecule has 0 aliphatic carbocycles. The van der Waals surface area contributed by atoms with E-state index in [9.17, 15) is 4.39 Å². The van der Waals surface area contributed by atoms with Gasteiger partial charge in [-0.2, -0.15) is 0 Å². The monoisotopic (exact) mass is 273 g/mol. The summed E-state index contributed by atoms with van der Waals surface area (Å²) in [7, 11) is 0. The van der Waals surface area contributed by atoms with E-state index in [1.807, 2.05) is 0 Å². The summed E-state index contributed by atoms with van der Waals surface area (Å²) in [6.07, 6.45) is 0. The van der Waals surface area contributed by atoms with Gasteiger partial charge in [-0.3, -0.25) is 0 Å². The minimum Gasteiger partial charge on any atom is -0.206 e. The Morgan fingerprint density at radius 3 is 2.50 bits per heavy atom. The Hall–Kier alpha value is -0.760. The van der Waals surface area contributed by atoms with Gasteiger partial charge in [0.25, 0.3) is 0 Å². The average molecular weight is 275 g/mol. The van der Waals surface area contributed by atoms with Gasteiger partial charge in [-0.25, -0.2) is 4.39 Å². The zero-order valence-corrected chi connectivity index (χ0v) is 10.2. The van der Waals surface area contributed by atoms with Crippen LogP contribution in [0.1, 0.15) is 0 Å². The Morgan fingerprint density at radius 2 is 1.81 bits per heavy atom. The molecule has 0 aromatic heterocycles.